The van der Waals surface area contributed by atoms with E-state index in [-0.39, 0.29) is 11.7 Å². The molecule has 3 aromatic rings. The number of aryl methyl sites for hydroxylation is 1. The van der Waals surface area contributed by atoms with E-state index >= 15 is 0 Å². The van der Waals surface area contributed by atoms with E-state index < -0.39 is 0 Å². The molecule has 0 aliphatic heterocycles. The maximum atomic E-state index is 12.2. The minimum Gasteiger partial charge on any atom is -0.324 e. The summed E-state index contributed by atoms with van der Waals surface area (Å²) in [5.74, 6) is 0.801. The lowest BCUT2D eigenvalue weighted by Crippen LogP contribution is -2.14. The van der Waals surface area contributed by atoms with Gasteiger partial charge in [0.1, 0.15) is 0 Å². The summed E-state index contributed by atoms with van der Waals surface area (Å²) in [6, 6.07) is 4.94. The van der Waals surface area contributed by atoms with Crippen LogP contribution in [0.1, 0.15) is 10.4 Å². The lowest BCUT2D eigenvalue weighted by Gasteiger charge is -2.07. The molecule has 0 saturated carbocycles. The van der Waals surface area contributed by atoms with Gasteiger partial charge in [-0.15, -0.1) is 21.5 Å². The van der Waals surface area contributed by atoms with Crippen LogP contribution in [-0.2, 0) is 11.8 Å². The molecule has 0 spiro atoms. The van der Waals surface area contributed by atoms with Gasteiger partial charge >= 0.3 is 0 Å². The number of nitrogens with zero attached hydrogens (tertiary/aromatic N) is 3. The Hall–Kier alpha value is -1.54. The molecular formula is C17H16Cl2N4OS2. The fourth-order valence-electron chi connectivity index (χ4n) is 2.32. The third kappa shape index (κ3) is 4.06. The summed E-state index contributed by atoms with van der Waals surface area (Å²) in [4.78, 5) is 13.5. The molecule has 3 rings (SSSR count). The van der Waals surface area contributed by atoms with Crippen molar-refractivity contribution in [1.82, 2.24) is 14.8 Å². The second-order valence-corrected chi connectivity index (χ2v) is 8.53. The molecule has 0 atom stereocenters. The van der Waals surface area contributed by atoms with Gasteiger partial charge in [0.2, 0.25) is 5.91 Å². The molecular weight excluding hydrogens is 411 g/mol. The zero-order valence-electron chi connectivity index (χ0n) is 14.3. The first kappa shape index (κ1) is 19.2. The number of benzene rings is 1. The summed E-state index contributed by atoms with van der Waals surface area (Å²) in [5, 5.41) is 15.0. The van der Waals surface area contributed by atoms with Crippen molar-refractivity contribution >= 4 is 57.9 Å². The maximum Gasteiger partial charge on any atom is 0.234 e. The lowest BCUT2D eigenvalue weighted by atomic mass is 10.2. The molecule has 9 heteroatoms. The molecule has 0 saturated heterocycles. The molecule has 1 N–H and O–H groups in total. The normalized spacial score (nSPS) is 11.0. The van der Waals surface area contributed by atoms with Gasteiger partial charge in [-0.05, 0) is 37.6 Å². The van der Waals surface area contributed by atoms with Crippen molar-refractivity contribution < 1.29 is 4.79 Å². The van der Waals surface area contributed by atoms with Crippen molar-refractivity contribution in [2.45, 2.75) is 19.0 Å². The Morgan fingerprint density at radius 1 is 1.31 bits per heavy atom. The molecule has 0 fully saturated rings. The van der Waals surface area contributed by atoms with Crippen LogP contribution in [0.3, 0.4) is 0 Å². The highest BCUT2D eigenvalue weighted by Crippen LogP contribution is 2.31. The smallest absolute Gasteiger partial charge is 0.234 e. The van der Waals surface area contributed by atoms with Crippen LogP contribution in [0.2, 0.25) is 10.0 Å². The molecule has 2 aromatic heterocycles. The second-order valence-electron chi connectivity index (χ2n) is 5.66. The molecule has 0 bridgehead atoms. The van der Waals surface area contributed by atoms with Gasteiger partial charge in [-0.2, -0.15) is 0 Å². The zero-order chi connectivity index (χ0) is 18.8. The number of halogens is 2. The molecule has 0 aliphatic carbocycles. The number of amides is 1. The van der Waals surface area contributed by atoms with Crippen LogP contribution < -0.4 is 5.32 Å². The Kier molecular flexibility index (Phi) is 5.92. The number of carbonyl (C=O) groups is 1. The molecule has 0 radical (unpaired) electrons. The number of thiophene rings is 1. The van der Waals surface area contributed by atoms with E-state index in [0.717, 1.165) is 11.4 Å². The minimum absolute atomic E-state index is 0.189. The van der Waals surface area contributed by atoms with Crippen molar-refractivity contribution in [3.05, 3.63) is 44.1 Å². The number of hydrogen-bond donors (Lipinski definition) is 1. The first-order chi connectivity index (χ1) is 12.4. The van der Waals surface area contributed by atoms with Gasteiger partial charge in [0, 0.05) is 27.9 Å². The Bertz CT molecular complexity index is 968. The number of anilines is 1. The van der Waals surface area contributed by atoms with Crippen LogP contribution >= 0.6 is 46.3 Å². The summed E-state index contributed by atoms with van der Waals surface area (Å²) >= 11 is 15.0. The summed E-state index contributed by atoms with van der Waals surface area (Å²) in [6.45, 7) is 4.16. The number of carbonyl (C=O) groups excluding carboxylic acids is 1. The minimum atomic E-state index is -0.189. The highest BCUT2D eigenvalue weighted by atomic mass is 35.5. The first-order valence-electron chi connectivity index (χ1n) is 7.69. The molecule has 2 heterocycles. The zero-order valence-corrected chi connectivity index (χ0v) is 17.5. The number of nitrogens with one attached hydrogen (secondary N) is 1. The SMILES string of the molecule is Cc1scc(-c2nnc(SCC(=O)Nc3cc(Cl)ccc3Cl)n2C)c1C. The quantitative estimate of drug-likeness (QED) is 0.569. The highest BCUT2D eigenvalue weighted by Gasteiger charge is 2.16. The average molecular weight is 427 g/mol. The fraction of sp³-hybridized carbons (Fsp3) is 0.235. The Morgan fingerprint density at radius 2 is 2.08 bits per heavy atom. The van der Waals surface area contributed by atoms with Gasteiger partial charge in [0.15, 0.2) is 11.0 Å². The average Bonchev–Trinajstić information content (AvgIpc) is 3.12. The molecule has 26 heavy (non-hydrogen) atoms. The number of rotatable bonds is 5. The number of thioether (sulfide) groups is 1. The third-order valence-corrected chi connectivity index (χ3v) is 6.49. The summed E-state index contributed by atoms with van der Waals surface area (Å²) in [6.07, 6.45) is 0. The van der Waals surface area contributed by atoms with E-state index in [1.807, 2.05) is 11.6 Å². The van der Waals surface area contributed by atoms with Crippen LogP contribution in [0.5, 0.6) is 0 Å². The van der Waals surface area contributed by atoms with Crippen LogP contribution in [0.25, 0.3) is 11.4 Å². The lowest BCUT2D eigenvalue weighted by molar-refractivity contribution is -0.113. The molecule has 1 aromatic carbocycles. The largest absolute Gasteiger partial charge is 0.324 e. The van der Waals surface area contributed by atoms with E-state index in [1.54, 1.807) is 29.5 Å². The molecule has 0 aliphatic rings. The maximum absolute atomic E-state index is 12.2. The fourth-order valence-corrected chi connectivity index (χ4v) is 4.23. The van der Waals surface area contributed by atoms with E-state index in [1.165, 1.54) is 22.2 Å². The summed E-state index contributed by atoms with van der Waals surface area (Å²) < 4.78 is 1.90. The van der Waals surface area contributed by atoms with Crippen LogP contribution in [0, 0.1) is 13.8 Å². The third-order valence-electron chi connectivity index (χ3n) is 3.90. The second kappa shape index (κ2) is 8.00. The van der Waals surface area contributed by atoms with Crippen LogP contribution in [-0.4, -0.2) is 26.4 Å². The van der Waals surface area contributed by atoms with Crippen molar-refractivity contribution in [3.63, 3.8) is 0 Å². The van der Waals surface area contributed by atoms with Crippen molar-refractivity contribution in [1.29, 1.82) is 0 Å². The Balaban J connectivity index is 1.68. The first-order valence-corrected chi connectivity index (χ1v) is 10.3. The topological polar surface area (TPSA) is 59.8 Å². The van der Waals surface area contributed by atoms with Gasteiger partial charge in [-0.25, -0.2) is 0 Å². The number of hydrogen-bond acceptors (Lipinski definition) is 5. The van der Waals surface area contributed by atoms with Crippen molar-refractivity contribution in [2.24, 2.45) is 7.05 Å². The number of aromatic nitrogens is 3. The van der Waals surface area contributed by atoms with Crippen LogP contribution in [0.15, 0.2) is 28.7 Å². The molecule has 5 nitrogen and oxygen atoms in total. The van der Waals surface area contributed by atoms with Gasteiger partial charge in [-0.1, -0.05) is 35.0 Å². The molecule has 0 unspecified atom stereocenters. The standard InChI is InChI=1S/C17H16Cl2N4OS2/c1-9-10(2)25-7-12(9)16-21-22-17(23(16)3)26-8-15(24)20-14-6-11(18)4-5-13(14)19/h4-7H,8H2,1-3H3,(H,20,24). The van der Waals surface area contributed by atoms with Gasteiger partial charge in [-0.3, -0.25) is 4.79 Å². The Morgan fingerprint density at radius 3 is 2.77 bits per heavy atom. The van der Waals surface area contributed by atoms with Gasteiger partial charge < -0.3 is 9.88 Å². The monoisotopic (exact) mass is 426 g/mol. The highest BCUT2D eigenvalue weighted by molar-refractivity contribution is 7.99. The van der Waals surface area contributed by atoms with Crippen LogP contribution in [0.4, 0.5) is 5.69 Å². The Labute approximate surface area is 169 Å². The summed E-state index contributed by atoms with van der Waals surface area (Å²) in [7, 11) is 1.90. The van der Waals surface area contributed by atoms with Gasteiger partial charge in [0.25, 0.3) is 0 Å². The van der Waals surface area contributed by atoms with E-state index in [9.17, 15) is 4.79 Å². The molecule has 1 amide bonds. The summed E-state index contributed by atoms with van der Waals surface area (Å²) in [5.41, 5.74) is 2.77. The predicted octanol–water partition coefficient (Wildman–Crippen LogP) is 5.20. The van der Waals surface area contributed by atoms with E-state index in [4.69, 9.17) is 23.2 Å². The van der Waals surface area contributed by atoms with Crippen molar-refractivity contribution in [2.75, 3.05) is 11.1 Å². The van der Waals surface area contributed by atoms with Gasteiger partial charge in [0.05, 0.1) is 16.5 Å². The van der Waals surface area contributed by atoms with E-state index in [0.29, 0.717) is 20.9 Å². The molecule has 136 valence electrons. The predicted molar refractivity (Wildman–Crippen MR) is 110 cm³/mol. The van der Waals surface area contributed by atoms with E-state index in [2.05, 4.69) is 34.7 Å². The van der Waals surface area contributed by atoms with Crippen molar-refractivity contribution in [3.8, 4) is 11.4 Å².